The Balaban J connectivity index is 1.10. The molecule has 0 radical (unpaired) electrons. The van der Waals surface area contributed by atoms with Gasteiger partial charge >= 0.3 is 0 Å². The Morgan fingerprint density at radius 1 is 0.396 bits per heavy atom. The van der Waals surface area contributed by atoms with E-state index in [0.29, 0.717) is 17.5 Å². The van der Waals surface area contributed by atoms with Gasteiger partial charge in [0.25, 0.3) is 0 Å². The lowest BCUT2D eigenvalue weighted by atomic mass is 9.99. The summed E-state index contributed by atoms with van der Waals surface area (Å²) in [6.45, 7) is 0. The van der Waals surface area contributed by atoms with Crippen molar-refractivity contribution in [1.29, 1.82) is 0 Å². The lowest BCUT2D eigenvalue weighted by Crippen LogP contribution is -2.00. The molecule has 0 bridgehead atoms. The Kier molecular flexibility index (Phi) is 6.62. The fraction of sp³-hybridized carbons (Fsp3) is 0. The van der Waals surface area contributed by atoms with Gasteiger partial charge in [-0.1, -0.05) is 121 Å². The van der Waals surface area contributed by atoms with E-state index in [1.165, 1.54) is 4.70 Å². The molecule has 0 N–H and O–H groups in total. The van der Waals surface area contributed by atoms with Gasteiger partial charge in [0.1, 0.15) is 27.3 Å². The van der Waals surface area contributed by atoms with Gasteiger partial charge < -0.3 is 8.83 Å². The summed E-state index contributed by atoms with van der Waals surface area (Å²) < 4.78 is 14.3. The van der Waals surface area contributed by atoms with E-state index in [9.17, 15) is 0 Å². The zero-order valence-electron chi connectivity index (χ0n) is 28.0. The molecule has 0 aliphatic heterocycles. The molecule has 0 amide bonds. The Morgan fingerprint density at radius 2 is 1.00 bits per heavy atom. The van der Waals surface area contributed by atoms with Crippen molar-refractivity contribution in [2.24, 2.45) is 0 Å². The van der Waals surface area contributed by atoms with E-state index in [4.69, 9.17) is 28.8 Å². The molecule has 11 aromatic rings. The molecule has 0 saturated heterocycles. The van der Waals surface area contributed by atoms with Crippen molar-refractivity contribution >= 4 is 65.4 Å². The molecule has 0 fully saturated rings. The molecule has 0 atom stereocenters. The first-order valence-corrected chi connectivity index (χ1v) is 18.2. The standard InChI is InChI=1S/C46H26N4O2S/c1-2-12-27(13-3-1)43-48-44(50-45(49-43)35-21-10-18-32-31-16-4-6-23-37(31)51-42(32)35)34-20-11-24-38-40(34)33-19-9-17-30(41(33)52-38)28-14-8-15-29(26-28)46-47-36-22-5-7-25-39(36)53-46/h1-26H. The first kappa shape index (κ1) is 29.7. The number of nitrogens with zero attached hydrogens (tertiary/aromatic N) is 4. The monoisotopic (exact) mass is 698 g/mol. The molecule has 4 aromatic heterocycles. The number of hydrogen-bond acceptors (Lipinski definition) is 7. The van der Waals surface area contributed by atoms with Crippen LogP contribution in [0.3, 0.4) is 0 Å². The molecule has 0 spiro atoms. The first-order valence-electron chi connectivity index (χ1n) is 17.4. The predicted octanol–water partition coefficient (Wildman–Crippen LogP) is 12.6. The normalized spacial score (nSPS) is 11.8. The third kappa shape index (κ3) is 4.86. The molecule has 11 rings (SSSR count). The van der Waals surface area contributed by atoms with Crippen molar-refractivity contribution in [3.63, 3.8) is 0 Å². The van der Waals surface area contributed by atoms with Gasteiger partial charge in [-0.05, 0) is 42.0 Å². The van der Waals surface area contributed by atoms with Crippen molar-refractivity contribution in [2.75, 3.05) is 0 Å². The second kappa shape index (κ2) is 11.8. The van der Waals surface area contributed by atoms with E-state index in [1.807, 2.05) is 78.9 Å². The fourth-order valence-corrected chi connectivity index (χ4v) is 8.30. The maximum atomic E-state index is 6.72. The van der Waals surface area contributed by atoms with Crippen LogP contribution in [0.5, 0.6) is 0 Å². The van der Waals surface area contributed by atoms with Crippen LogP contribution in [0.4, 0.5) is 0 Å². The Bertz CT molecular complexity index is 3160. The number of para-hydroxylation sites is 4. The lowest BCUT2D eigenvalue weighted by molar-refractivity contribution is 0.669. The lowest BCUT2D eigenvalue weighted by Gasteiger charge is -2.09. The molecular formula is C46H26N4O2S. The van der Waals surface area contributed by atoms with Crippen molar-refractivity contribution < 1.29 is 8.83 Å². The van der Waals surface area contributed by atoms with E-state index < -0.39 is 0 Å². The van der Waals surface area contributed by atoms with Crippen LogP contribution in [0.2, 0.25) is 0 Å². The molecule has 7 heteroatoms. The minimum atomic E-state index is 0.538. The van der Waals surface area contributed by atoms with Crippen molar-refractivity contribution in [3.05, 3.63) is 158 Å². The summed E-state index contributed by atoms with van der Waals surface area (Å²) in [7, 11) is 0. The summed E-state index contributed by atoms with van der Waals surface area (Å²) in [6, 6.07) is 53.4. The van der Waals surface area contributed by atoms with Crippen LogP contribution in [0, 0.1) is 0 Å². The van der Waals surface area contributed by atoms with E-state index in [2.05, 4.69) is 78.9 Å². The molecule has 53 heavy (non-hydrogen) atoms. The number of aromatic nitrogens is 4. The van der Waals surface area contributed by atoms with Crippen molar-refractivity contribution in [2.45, 2.75) is 0 Å². The molecule has 0 unspecified atom stereocenters. The Labute approximate surface area is 306 Å². The first-order chi connectivity index (χ1) is 26.2. The minimum absolute atomic E-state index is 0.538. The van der Waals surface area contributed by atoms with Gasteiger partial charge in [-0.2, -0.15) is 0 Å². The zero-order valence-corrected chi connectivity index (χ0v) is 28.8. The van der Waals surface area contributed by atoms with Gasteiger partial charge in [0.15, 0.2) is 17.5 Å². The topological polar surface area (TPSA) is 77.8 Å². The number of thiazole rings is 1. The molecule has 248 valence electrons. The third-order valence-corrected chi connectivity index (χ3v) is 10.9. The highest BCUT2D eigenvalue weighted by Crippen LogP contribution is 2.42. The molecular weight excluding hydrogens is 673 g/mol. The zero-order chi connectivity index (χ0) is 34.9. The summed E-state index contributed by atoms with van der Waals surface area (Å²) in [5.74, 6) is 1.67. The molecule has 0 aliphatic rings. The highest BCUT2D eigenvalue weighted by Gasteiger charge is 2.21. The van der Waals surface area contributed by atoms with E-state index >= 15 is 0 Å². The van der Waals surface area contributed by atoms with Gasteiger partial charge in [0.05, 0.1) is 15.8 Å². The Morgan fingerprint density at radius 3 is 1.91 bits per heavy atom. The highest BCUT2D eigenvalue weighted by atomic mass is 32.1. The van der Waals surface area contributed by atoms with Crippen molar-refractivity contribution in [1.82, 2.24) is 19.9 Å². The van der Waals surface area contributed by atoms with E-state index in [1.54, 1.807) is 11.3 Å². The number of fused-ring (bicyclic) bond motifs is 7. The average Bonchev–Trinajstić information content (AvgIpc) is 3.94. The van der Waals surface area contributed by atoms with Crippen LogP contribution in [0.25, 0.3) is 110 Å². The number of benzene rings is 7. The van der Waals surface area contributed by atoms with Gasteiger partial charge in [-0.3, -0.25) is 0 Å². The number of hydrogen-bond donors (Lipinski definition) is 0. The van der Waals surface area contributed by atoms with Crippen LogP contribution < -0.4 is 0 Å². The summed E-state index contributed by atoms with van der Waals surface area (Å²) in [5.41, 5.74) is 9.84. The molecule has 7 aromatic carbocycles. The second-order valence-corrected chi connectivity index (χ2v) is 14.0. The summed E-state index contributed by atoms with van der Waals surface area (Å²) in [4.78, 5) is 20.2. The van der Waals surface area contributed by atoms with Crippen LogP contribution in [0.15, 0.2) is 167 Å². The summed E-state index contributed by atoms with van der Waals surface area (Å²) >= 11 is 1.70. The largest absolute Gasteiger partial charge is 0.455 e. The number of furan rings is 2. The van der Waals surface area contributed by atoms with E-state index in [-0.39, 0.29) is 0 Å². The maximum absolute atomic E-state index is 6.72. The third-order valence-electron chi connectivity index (χ3n) is 9.79. The SMILES string of the molecule is c1ccc(-c2nc(-c3cccc4c3oc3ccccc34)nc(-c3cccc4oc5c(-c6cccc(-c7nc8ccccc8s7)c6)cccc5c34)n2)cc1. The Hall–Kier alpha value is -6.96. The van der Waals surface area contributed by atoms with Crippen LogP contribution in [-0.2, 0) is 0 Å². The summed E-state index contributed by atoms with van der Waals surface area (Å²) in [5, 5.41) is 5.00. The maximum Gasteiger partial charge on any atom is 0.167 e. The van der Waals surface area contributed by atoms with Gasteiger partial charge in [-0.25, -0.2) is 19.9 Å². The van der Waals surface area contributed by atoms with Crippen LogP contribution in [-0.4, -0.2) is 19.9 Å². The molecule has 6 nitrogen and oxygen atoms in total. The quantitative estimate of drug-likeness (QED) is 0.178. The molecule has 0 saturated carbocycles. The van der Waals surface area contributed by atoms with Crippen LogP contribution >= 0.6 is 11.3 Å². The fourth-order valence-electron chi connectivity index (χ4n) is 7.33. The predicted molar refractivity (Wildman–Crippen MR) is 215 cm³/mol. The van der Waals surface area contributed by atoms with Crippen molar-refractivity contribution in [3.8, 4) is 55.9 Å². The highest BCUT2D eigenvalue weighted by molar-refractivity contribution is 7.21. The smallest absolute Gasteiger partial charge is 0.167 e. The minimum Gasteiger partial charge on any atom is -0.455 e. The van der Waals surface area contributed by atoms with E-state index in [0.717, 1.165) is 87.8 Å². The summed E-state index contributed by atoms with van der Waals surface area (Å²) in [6.07, 6.45) is 0. The number of rotatable bonds is 5. The average molecular weight is 699 g/mol. The second-order valence-electron chi connectivity index (χ2n) is 13.0. The van der Waals surface area contributed by atoms with Gasteiger partial charge in [0, 0.05) is 43.8 Å². The van der Waals surface area contributed by atoms with Crippen LogP contribution in [0.1, 0.15) is 0 Å². The van der Waals surface area contributed by atoms with Gasteiger partial charge in [-0.15, -0.1) is 11.3 Å². The van der Waals surface area contributed by atoms with Gasteiger partial charge in [0.2, 0.25) is 0 Å². The molecule has 4 heterocycles. The molecule has 0 aliphatic carbocycles.